The lowest BCUT2D eigenvalue weighted by Crippen LogP contribution is -2.36. The van der Waals surface area contributed by atoms with Gasteiger partial charge in [0.15, 0.2) is 0 Å². The minimum absolute atomic E-state index is 0.510. The Kier molecular flexibility index (Phi) is 3.79. The smallest absolute Gasteiger partial charge is 0.145 e. The van der Waals surface area contributed by atoms with Gasteiger partial charge in [-0.15, -0.1) is 0 Å². The number of nitrogens with two attached hydrogens (primary N) is 1. The van der Waals surface area contributed by atoms with Gasteiger partial charge in [0.1, 0.15) is 5.82 Å². The lowest BCUT2D eigenvalue weighted by atomic mass is 10.1. The molecule has 1 fully saturated rings. The first-order valence-electron chi connectivity index (χ1n) is 5.81. The average Bonchev–Trinajstić information content (AvgIpc) is 2.74. The number of aromatic nitrogens is 2. The first kappa shape index (κ1) is 11.4. The van der Waals surface area contributed by atoms with E-state index in [1.807, 2.05) is 16.9 Å². The van der Waals surface area contributed by atoms with E-state index in [1.54, 1.807) is 7.11 Å². The number of methoxy groups -OCH3 is 1. The topological polar surface area (TPSA) is 56.3 Å². The van der Waals surface area contributed by atoms with Crippen molar-refractivity contribution in [3.05, 3.63) is 12.3 Å². The number of likely N-dealkylation sites (tertiary alicyclic amines) is 1. The molecule has 0 amide bonds. The second-order valence-corrected chi connectivity index (χ2v) is 4.29. The predicted molar refractivity (Wildman–Crippen MR) is 63.2 cm³/mol. The monoisotopic (exact) mass is 224 g/mol. The summed E-state index contributed by atoms with van der Waals surface area (Å²) >= 11 is 0. The normalized spacial score (nSPS) is 19.1. The summed E-state index contributed by atoms with van der Waals surface area (Å²) in [5.74, 6) is 0.613. The fourth-order valence-corrected chi connectivity index (χ4v) is 2.18. The van der Waals surface area contributed by atoms with Gasteiger partial charge in [0.05, 0.1) is 12.6 Å². The fraction of sp³-hybridized carbons (Fsp3) is 0.727. The van der Waals surface area contributed by atoms with Gasteiger partial charge in [-0.2, -0.15) is 5.10 Å². The molecule has 1 aromatic heterocycles. The molecule has 5 heteroatoms. The molecule has 1 saturated heterocycles. The first-order valence-corrected chi connectivity index (χ1v) is 5.81. The zero-order valence-electron chi connectivity index (χ0n) is 9.80. The van der Waals surface area contributed by atoms with Crippen LogP contribution in [-0.4, -0.2) is 48.0 Å². The minimum atomic E-state index is 0.510. The number of hydrogen-bond acceptors (Lipinski definition) is 4. The van der Waals surface area contributed by atoms with E-state index < -0.39 is 0 Å². The Morgan fingerprint density at radius 3 is 2.81 bits per heavy atom. The molecule has 0 aromatic carbocycles. The van der Waals surface area contributed by atoms with Crippen LogP contribution >= 0.6 is 0 Å². The Bertz CT molecular complexity index is 318. The maximum Gasteiger partial charge on any atom is 0.145 e. The quantitative estimate of drug-likeness (QED) is 0.820. The molecule has 1 aliphatic rings. The van der Waals surface area contributed by atoms with Gasteiger partial charge in [-0.1, -0.05) is 0 Å². The van der Waals surface area contributed by atoms with Crippen molar-refractivity contribution in [1.29, 1.82) is 0 Å². The van der Waals surface area contributed by atoms with E-state index >= 15 is 0 Å². The highest BCUT2D eigenvalue weighted by Crippen LogP contribution is 2.21. The number of nitrogens with zero attached hydrogens (tertiary/aromatic N) is 3. The van der Waals surface area contributed by atoms with Gasteiger partial charge >= 0.3 is 0 Å². The number of hydrogen-bond donors (Lipinski definition) is 1. The van der Waals surface area contributed by atoms with Crippen molar-refractivity contribution < 1.29 is 4.74 Å². The number of nitrogen functional groups attached to an aromatic ring is 1. The summed E-state index contributed by atoms with van der Waals surface area (Å²) in [6.45, 7) is 4.09. The minimum Gasteiger partial charge on any atom is -0.383 e. The Balaban J connectivity index is 1.81. The van der Waals surface area contributed by atoms with Gasteiger partial charge in [0.25, 0.3) is 0 Å². The molecular formula is C11H20N4O. The molecule has 2 heterocycles. The molecular weight excluding hydrogens is 204 g/mol. The number of rotatable bonds is 4. The maximum absolute atomic E-state index is 5.62. The van der Waals surface area contributed by atoms with Crippen LogP contribution in [0.25, 0.3) is 0 Å². The Morgan fingerprint density at radius 2 is 2.25 bits per heavy atom. The molecule has 90 valence electrons. The molecule has 16 heavy (non-hydrogen) atoms. The van der Waals surface area contributed by atoms with E-state index in [4.69, 9.17) is 10.5 Å². The van der Waals surface area contributed by atoms with Crippen LogP contribution in [0.4, 0.5) is 5.82 Å². The molecule has 0 aliphatic carbocycles. The summed E-state index contributed by atoms with van der Waals surface area (Å²) in [4.78, 5) is 2.44. The van der Waals surface area contributed by atoms with Crippen LogP contribution in [0.15, 0.2) is 12.3 Å². The summed E-state index contributed by atoms with van der Waals surface area (Å²) < 4.78 is 7.09. The van der Waals surface area contributed by atoms with Crippen molar-refractivity contribution >= 4 is 5.82 Å². The molecule has 0 spiro atoms. The summed E-state index contributed by atoms with van der Waals surface area (Å²) in [6.07, 6.45) is 4.26. The van der Waals surface area contributed by atoms with Crippen LogP contribution in [0.1, 0.15) is 18.9 Å². The molecule has 1 aromatic rings. The first-order chi connectivity index (χ1) is 7.79. The van der Waals surface area contributed by atoms with Crippen LogP contribution < -0.4 is 5.73 Å². The number of anilines is 1. The lowest BCUT2D eigenvalue weighted by molar-refractivity contribution is 0.119. The summed E-state index contributed by atoms with van der Waals surface area (Å²) in [5.41, 5.74) is 5.62. The summed E-state index contributed by atoms with van der Waals surface area (Å²) in [5, 5.41) is 4.27. The van der Waals surface area contributed by atoms with Crippen molar-refractivity contribution in [1.82, 2.24) is 14.7 Å². The maximum atomic E-state index is 5.62. The van der Waals surface area contributed by atoms with Crippen molar-refractivity contribution in [2.75, 3.05) is 39.1 Å². The van der Waals surface area contributed by atoms with Crippen LogP contribution in [0.2, 0.25) is 0 Å². The van der Waals surface area contributed by atoms with Gasteiger partial charge in [-0.05, 0) is 18.9 Å². The van der Waals surface area contributed by atoms with Gasteiger partial charge < -0.3 is 15.4 Å². The third-order valence-corrected chi connectivity index (χ3v) is 3.17. The van der Waals surface area contributed by atoms with Gasteiger partial charge in [0, 0.05) is 32.9 Å². The van der Waals surface area contributed by atoms with Gasteiger partial charge in [-0.25, -0.2) is 0 Å². The molecule has 0 unspecified atom stereocenters. The van der Waals surface area contributed by atoms with Crippen LogP contribution in [0.3, 0.4) is 0 Å². The molecule has 0 saturated carbocycles. The SMILES string of the molecule is COCCN1CCC(n2ccc(N)n2)CC1. The van der Waals surface area contributed by atoms with Crippen LogP contribution in [0, 0.1) is 0 Å². The van der Waals surface area contributed by atoms with Gasteiger partial charge in [-0.3, -0.25) is 4.68 Å². The van der Waals surface area contributed by atoms with E-state index in [2.05, 4.69) is 10.00 Å². The Labute approximate surface area is 96.2 Å². The average molecular weight is 224 g/mol. The second kappa shape index (κ2) is 5.32. The fourth-order valence-electron chi connectivity index (χ4n) is 2.18. The lowest BCUT2D eigenvalue weighted by Gasteiger charge is -2.31. The second-order valence-electron chi connectivity index (χ2n) is 4.29. The standard InChI is InChI=1S/C11H20N4O/c1-16-9-8-14-5-2-10(3-6-14)15-7-4-11(12)13-15/h4,7,10H,2-3,5-6,8-9H2,1H3,(H2,12,13). The summed E-state index contributed by atoms with van der Waals surface area (Å²) in [6, 6.07) is 2.37. The van der Waals surface area contributed by atoms with E-state index in [0.717, 1.165) is 39.1 Å². The Hall–Kier alpha value is -1.07. The number of piperidine rings is 1. The van der Waals surface area contributed by atoms with Gasteiger partial charge in [0.2, 0.25) is 0 Å². The van der Waals surface area contributed by atoms with E-state index in [-0.39, 0.29) is 0 Å². The highest BCUT2D eigenvalue weighted by Gasteiger charge is 2.20. The molecule has 2 N–H and O–H groups in total. The molecule has 0 bridgehead atoms. The van der Waals surface area contributed by atoms with Crippen LogP contribution in [-0.2, 0) is 4.74 Å². The van der Waals surface area contributed by atoms with Crippen molar-refractivity contribution in [2.24, 2.45) is 0 Å². The third-order valence-electron chi connectivity index (χ3n) is 3.17. The van der Waals surface area contributed by atoms with Crippen molar-refractivity contribution in [3.8, 4) is 0 Å². The van der Waals surface area contributed by atoms with E-state index in [0.29, 0.717) is 11.9 Å². The van der Waals surface area contributed by atoms with Crippen LogP contribution in [0.5, 0.6) is 0 Å². The third kappa shape index (κ3) is 2.74. The summed E-state index contributed by atoms with van der Waals surface area (Å²) in [7, 11) is 1.75. The molecule has 5 nitrogen and oxygen atoms in total. The predicted octanol–water partition coefficient (Wildman–Crippen LogP) is 0.749. The molecule has 0 radical (unpaired) electrons. The molecule has 2 rings (SSSR count). The van der Waals surface area contributed by atoms with Crippen molar-refractivity contribution in [2.45, 2.75) is 18.9 Å². The zero-order valence-corrected chi connectivity index (χ0v) is 9.80. The highest BCUT2D eigenvalue weighted by atomic mass is 16.5. The Morgan fingerprint density at radius 1 is 1.50 bits per heavy atom. The highest BCUT2D eigenvalue weighted by molar-refractivity contribution is 5.24. The molecule has 1 aliphatic heterocycles. The van der Waals surface area contributed by atoms with Crippen molar-refractivity contribution in [3.63, 3.8) is 0 Å². The molecule has 0 atom stereocenters. The van der Waals surface area contributed by atoms with E-state index in [9.17, 15) is 0 Å². The zero-order chi connectivity index (χ0) is 11.4. The number of ether oxygens (including phenoxy) is 1. The van der Waals surface area contributed by atoms with E-state index in [1.165, 1.54) is 0 Å². The largest absolute Gasteiger partial charge is 0.383 e.